The molecule has 1 atom stereocenters. The Labute approximate surface area is 114 Å². The summed E-state index contributed by atoms with van der Waals surface area (Å²) in [6.07, 6.45) is 4.72. The highest BCUT2D eigenvalue weighted by Gasteiger charge is 2.15. The van der Waals surface area contributed by atoms with Crippen molar-refractivity contribution >= 4 is 5.97 Å². The fourth-order valence-electron chi connectivity index (χ4n) is 1.78. The Morgan fingerprint density at radius 3 is 2.58 bits per heavy atom. The van der Waals surface area contributed by atoms with Crippen molar-refractivity contribution in [2.24, 2.45) is 5.73 Å². The zero-order valence-corrected chi connectivity index (χ0v) is 11.5. The van der Waals surface area contributed by atoms with Gasteiger partial charge in [0.05, 0.1) is 6.61 Å². The maximum absolute atomic E-state index is 11.7. The summed E-state index contributed by atoms with van der Waals surface area (Å²) in [6.45, 7) is 2.59. The molecule has 106 valence electrons. The molecule has 0 fully saturated rings. The molecular weight excluding hydrogens is 242 g/mol. The lowest BCUT2D eigenvalue weighted by molar-refractivity contribution is -0.145. The number of rotatable bonds is 8. The fraction of sp³-hybridized carbons (Fsp3) is 0.533. The average Bonchev–Trinajstić information content (AvgIpc) is 2.41. The summed E-state index contributed by atoms with van der Waals surface area (Å²) in [5.74, 6) is -0.152. The maximum Gasteiger partial charge on any atom is 0.323 e. The van der Waals surface area contributed by atoms with Crippen molar-refractivity contribution in [1.29, 1.82) is 0 Å². The fourth-order valence-corrected chi connectivity index (χ4v) is 1.78. The molecule has 1 aromatic carbocycles. The van der Waals surface area contributed by atoms with Crippen molar-refractivity contribution < 1.29 is 14.6 Å². The van der Waals surface area contributed by atoms with Crippen LogP contribution in [0.25, 0.3) is 0 Å². The molecule has 4 nitrogen and oxygen atoms in total. The molecule has 4 heteroatoms. The normalized spacial score (nSPS) is 12.1. The van der Waals surface area contributed by atoms with Gasteiger partial charge in [-0.3, -0.25) is 4.79 Å². The van der Waals surface area contributed by atoms with E-state index in [0.717, 1.165) is 31.2 Å². The van der Waals surface area contributed by atoms with E-state index in [4.69, 9.17) is 15.6 Å². The second-order valence-corrected chi connectivity index (χ2v) is 4.71. The second-order valence-electron chi connectivity index (χ2n) is 4.71. The molecule has 0 amide bonds. The molecule has 0 aliphatic heterocycles. The molecule has 0 aliphatic rings. The van der Waals surface area contributed by atoms with Crippen LogP contribution in [0.1, 0.15) is 38.2 Å². The summed E-state index contributed by atoms with van der Waals surface area (Å²) in [4.78, 5) is 11.7. The monoisotopic (exact) mass is 265 g/mol. The van der Waals surface area contributed by atoms with Gasteiger partial charge in [-0.05, 0) is 30.5 Å². The number of benzene rings is 1. The molecule has 1 rings (SSSR count). The zero-order chi connectivity index (χ0) is 14.1. The largest absolute Gasteiger partial charge is 0.508 e. The van der Waals surface area contributed by atoms with Crippen molar-refractivity contribution in [3.63, 3.8) is 0 Å². The summed E-state index contributed by atoms with van der Waals surface area (Å²) < 4.78 is 5.13. The van der Waals surface area contributed by atoms with E-state index in [1.54, 1.807) is 24.3 Å². The number of nitrogens with two attached hydrogens (primary N) is 1. The lowest BCUT2D eigenvalue weighted by Gasteiger charge is -2.11. The molecule has 19 heavy (non-hydrogen) atoms. The Morgan fingerprint density at radius 2 is 1.95 bits per heavy atom. The third kappa shape index (κ3) is 6.25. The summed E-state index contributed by atoms with van der Waals surface area (Å²) in [5, 5.41) is 9.16. The molecular formula is C15H23NO3. The van der Waals surface area contributed by atoms with E-state index >= 15 is 0 Å². The molecule has 0 heterocycles. The molecule has 0 spiro atoms. The molecule has 0 saturated carbocycles. The van der Waals surface area contributed by atoms with Crippen molar-refractivity contribution in [2.45, 2.75) is 45.1 Å². The third-order valence-electron chi connectivity index (χ3n) is 2.94. The van der Waals surface area contributed by atoms with Gasteiger partial charge in [0.1, 0.15) is 11.8 Å². The Kier molecular flexibility index (Phi) is 6.97. The first-order chi connectivity index (χ1) is 9.13. The van der Waals surface area contributed by atoms with Crippen molar-refractivity contribution in [1.82, 2.24) is 0 Å². The van der Waals surface area contributed by atoms with Gasteiger partial charge in [-0.15, -0.1) is 0 Å². The average molecular weight is 265 g/mol. The Balaban J connectivity index is 2.26. The van der Waals surface area contributed by atoms with Crippen molar-refractivity contribution in [2.75, 3.05) is 6.61 Å². The van der Waals surface area contributed by atoms with E-state index in [9.17, 15) is 4.79 Å². The number of aromatic hydroxyl groups is 1. The van der Waals surface area contributed by atoms with Crippen LogP contribution in [0.15, 0.2) is 24.3 Å². The van der Waals surface area contributed by atoms with Gasteiger partial charge >= 0.3 is 5.97 Å². The minimum atomic E-state index is -0.643. The summed E-state index contributed by atoms with van der Waals surface area (Å²) >= 11 is 0. The molecule has 0 aliphatic carbocycles. The van der Waals surface area contributed by atoms with Crippen LogP contribution in [0, 0.1) is 0 Å². The van der Waals surface area contributed by atoms with Gasteiger partial charge in [-0.1, -0.05) is 38.3 Å². The number of ether oxygens (including phenoxy) is 1. The summed E-state index contributed by atoms with van der Waals surface area (Å²) in [5.41, 5.74) is 6.70. The van der Waals surface area contributed by atoms with Crippen LogP contribution in [0.2, 0.25) is 0 Å². The van der Waals surface area contributed by atoms with Crippen LogP contribution in [0.3, 0.4) is 0 Å². The number of phenolic OH excluding ortho intramolecular Hbond substituents is 1. The SMILES string of the molecule is CCCCCCOC(=O)[C@@H](N)Cc1ccc(O)cc1. The van der Waals surface area contributed by atoms with Crippen LogP contribution in [-0.2, 0) is 16.0 Å². The first-order valence-electron chi connectivity index (χ1n) is 6.83. The van der Waals surface area contributed by atoms with Crippen LogP contribution in [0.4, 0.5) is 0 Å². The number of carbonyl (C=O) groups excluding carboxylic acids is 1. The summed E-state index contributed by atoms with van der Waals surface area (Å²) in [6, 6.07) is 6.03. The Bertz CT molecular complexity index is 375. The molecule has 0 radical (unpaired) electrons. The molecule has 0 saturated heterocycles. The lowest BCUT2D eigenvalue weighted by Crippen LogP contribution is -2.34. The topological polar surface area (TPSA) is 72.5 Å². The highest BCUT2D eigenvalue weighted by molar-refractivity contribution is 5.75. The molecule has 0 bridgehead atoms. The molecule has 0 unspecified atom stereocenters. The first-order valence-corrected chi connectivity index (χ1v) is 6.83. The van der Waals surface area contributed by atoms with Crippen LogP contribution < -0.4 is 5.73 Å². The van der Waals surface area contributed by atoms with Crippen LogP contribution in [-0.4, -0.2) is 23.7 Å². The molecule has 1 aromatic rings. The molecule has 0 aromatic heterocycles. The highest BCUT2D eigenvalue weighted by atomic mass is 16.5. The van der Waals surface area contributed by atoms with Crippen molar-refractivity contribution in [3.8, 4) is 5.75 Å². The minimum absolute atomic E-state index is 0.204. The lowest BCUT2D eigenvalue weighted by atomic mass is 10.1. The van der Waals surface area contributed by atoms with E-state index in [1.165, 1.54) is 0 Å². The highest BCUT2D eigenvalue weighted by Crippen LogP contribution is 2.11. The number of unbranched alkanes of at least 4 members (excludes halogenated alkanes) is 3. The smallest absolute Gasteiger partial charge is 0.323 e. The standard InChI is InChI=1S/C15H23NO3/c1-2-3-4-5-10-19-15(18)14(16)11-12-6-8-13(17)9-7-12/h6-9,14,17H,2-5,10-11,16H2,1H3/t14-/m0/s1. The van der Waals surface area contributed by atoms with Gasteiger partial charge < -0.3 is 15.6 Å². The van der Waals surface area contributed by atoms with Crippen molar-refractivity contribution in [3.05, 3.63) is 29.8 Å². The third-order valence-corrected chi connectivity index (χ3v) is 2.94. The number of esters is 1. The Morgan fingerprint density at radius 1 is 1.26 bits per heavy atom. The number of hydrogen-bond donors (Lipinski definition) is 2. The van der Waals surface area contributed by atoms with Gasteiger partial charge in [0, 0.05) is 0 Å². The second kappa shape index (κ2) is 8.53. The number of phenols is 1. The first kappa shape index (κ1) is 15.5. The van der Waals surface area contributed by atoms with Crippen LogP contribution in [0.5, 0.6) is 5.75 Å². The van der Waals surface area contributed by atoms with E-state index in [-0.39, 0.29) is 11.7 Å². The zero-order valence-electron chi connectivity index (χ0n) is 11.5. The number of hydrogen-bond acceptors (Lipinski definition) is 4. The van der Waals surface area contributed by atoms with Gasteiger partial charge in [-0.25, -0.2) is 0 Å². The molecule has 3 N–H and O–H groups in total. The predicted octanol–water partition coefficient (Wildman–Crippen LogP) is 2.39. The van der Waals surface area contributed by atoms with E-state index in [0.29, 0.717) is 13.0 Å². The van der Waals surface area contributed by atoms with E-state index < -0.39 is 6.04 Å². The van der Waals surface area contributed by atoms with E-state index in [2.05, 4.69) is 6.92 Å². The predicted molar refractivity (Wildman–Crippen MR) is 74.9 cm³/mol. The number of carbonyl (C=O) groups is 1. The van der Waals surface area contributed by atoms with Crippen LogP contribution >= 0.6 is 0 Å². The van der Waals surface area contributed by atoms with Gasteiger partial charge in [0.25, 0.3) is 0 Å². The Hall–Kier alpha value is -1.55. The van der Waals surface area contributed by atoms with Gasteiger partial charge in [0.15, 0.2) is 0 Å². The maximum atomic E-state index is 11.7. The van der Waals surface area contributed by atoms with Gasteiger partial charge in [0.2, 0.25) is 0 Å². The van der Waals surface area contributed by atoms with E-state index in [1.807, 2.05) is 0 Å². The minimum Gasteiger partial charge on any atom is -0.508 e. The summed E-state index contributed by atoms with van der Waals surface area (Å²) in [7, 11) is 0. The quantitative estimate of drug-likeness (QED) is 0.559. The van der Waals surface area contributed by atoms with Gasteiger partial charge in [-0.2, -0.15) is 0 Å².